The Morgan fingerprint density at radius 2 is 2.10 bits per heavy atom. The van der Waals surface area contributed by atoms with E-state index < -0.39 is 0 Å². The molecule has 3 rings (SSSR count). The predicted octanol–water partition coefficient (Wildman–Crippen LogP) is 2.79. The number of amides is 2. The predicted molar refractivity (Wildman–Crippen MR) is 80.1 cm³/mol. The van der Waals surface area contributed by atoms with Crippen LogP contribution < -0.4 is 10.6 Å². The highest BCUT2D eigenvalue weighted by atomic mass is 32.2. The Morgan fingerprint density at radius 1 is 1.35 bits per heavy atom. The van der Waals surface area contributed by atoms with Gasteiger partial charge in [-0.05, 0) is 38.0 Å². The highest BCUT2D eigenvalue weighted by Crippen LogP contribution is 2.35. The van der Waals surface area contributed by atoms with Crippen molar-refractivity contribution < 1.29 is 9.59 Å². The smallest absolute Gasteiger partial charge is 0.251 e. The Hall–Kier alpha value is -1.49. The second kappa shape index (κ2) is 5.48. The topological polar surface area (TPSA) is 58.2 Å². The van der Waals surface area contributed by atoms with Crippen LogP contribution in [0.5, 0.6) is 0 Å². The Labute approximate surface area is 122 Å². The number of carbonyl (C=O) groups excluding carboxylic acids is 2. The first-order chi connectivity index (χ1) is 9.63. The Balaban J connectivity index is 1.76. The zero-order valence-corrected chi connectivity index (χ0v) is 12.3. The molecule has 2 amide bonds. The molecular formula is C15H18N2O2S. The van der Waals surface area contributed by atoms with Gasteiger partial charge in [0.05, 0.1) is 10.9 Å². The van der Waals surface area contributed by atoms with E-state index in [9.17, 15) is 9.59 Å². The lowest BCUT2D eigenvalue weighted by Gasteiger charge is -2.22. The highest BCUT2D eigenvalue weighted by Gasteiger charge is 2.24. The van der Waals surface area contributed by atoms with E-state index in [1.165, 1.54) is 24.6 Å². The lowest BCUT2D eigenvalue weighted by molar-refractivity contribution is -0.115. The number of hydrogen-bond donors (Lipinski definition) is 2. The summed E-state index contributed by atoms with van der Waals surface area (Å²) in [5, 5.41) is 5.84. The molecule has 0 spiro atoms. The number of nitrogens with one attached hydrogen (secondary N) is 2. The van der Waals surface area contributed by atoms with Crippen LogP contribution in [0.1, 0.15) is 43.0 Å². The van der Waals surface area contributed by atoms with Gasteiger partial charge in [0.15, 0.2) is 0 Å². The van der Waals surface area contributed by atoms with Gasteiger partial charge in [-0.3, -0.25) is 9.59 Å². The fraction of sp³-hybridized carbons (Fsp3) is 0.467. The fourth-order valence-electron chi connectivity index (χ4n) is 2.69. The van der Waals surface area contributed by atoms with Crippen LogP contribution in [0.15, 0.2) is 23.1 Å². The van der Waals surface area contributed by atoms with Crippen LogP contribution in [0.25, 0.3) is 0 Å². The molecule has 0 radical (unpaired) electrons. The first-order valence-corrected chi connectivity index (χ1v) is 7.94. The van der Waals surface area contributed by atoms with Gasteiger partial charge >= 0.3 is 0 Å². The van der Waals surface area contributed by atoms with E-state index in [0.29, 0.717) is 11.6 Å². The standard InChI is InChI=1S/C15H18N2O2S/c1-9-14(18)17-12-8-10(6-7-13(12)20-9)15(19)16-11-4-2-3-5-11/h6-9,11H,2-5H2,1H3,(H,16,19)(H,17,18)/t9-/m0/s1. The molecule has 1 saturated carbocycles. The SMILES string of the molecule is C[C@@H]1Sc2ccc(C(=O)NC3CCCC3)cc2NC1=O. The summed E-state index contributed by atoms with van der Waals surface area (Å²) in [6, 6.07) is 5.83. The Morgan fingerprint density at radius 3 is 2.85 bits per heavy atom. The van der Waals surface area contributed by atoms with Gasteiger partial charge in [-0.2, -0.15) is 0 Å². The third kappa shape index (κ3) is 2.68. The van der Waals surface area contributed by atoms with E-state index in [4.69, 9.17) is 0 Å². The van der Waals surface area contributed by atoms with Crippen molar-refractivity contribution in [3.63, 3.8) is 0 Å². The average Bonchev–Trinajstić information content (AvgIpc) is 2.92. The Kier molecular flexibility index (Phi) is 3.70. The molecule has 0 bridgehead atoms. The maximum Gasteiger partial charge on any atom is 0.251 e. The van der Waals surface area contributed by atoms with E-state index in [0.717, 1.165) is 23.4 Å². The van der Waals surface area contributed by atoms with Gasteiger partial charge in [0, 0.05) is 16.5 Å². The number of anilines is 1. The molecule has 0 aromatic heterocycles. The van der Waals surface area contributed by atoms with Gasteiger partial charge in [0.1, 0.15) is 0 Å². The maximum absolute atomic E-state index is 12.2. The minimum atomic E-state index is -0.0827. The van der Waals surface area contributed by atoms with Crippen LogP contribution in [0, 0.1) is 0 Å². The van der Waals surface area contributed by atoms with Crippen LogP contribution in [0.4, 0.5) is 5.69 Å². The summed E-state index contributed by atoms with van der Waals surface area (Å²) in [6.07, 6.45) is 4.53. The van der Waals surface area contributed by atoms with Gasteiger partial charge in [-0.1, -0.05) is 12.8 Å². The molecule has 0 unspecified atom stereocenters. The lowest BCUT2D eigenvalue weighted by Crippen LogP contribution is -2.33. The van der Waals surface area contributed by atoms with Crippen molar-refractivity contribution in [3.05, 3.63) is 23.8 Å². The first kappa shape index (κ1) is 13.5. The quantitative estimate of drug-likeness (QED) is 0.880. The Bertz CT molecular complexity index is 553. The molecule has 1 aliphatic heterocycles. The third-order valence-electron chi connectivity index (χ3n) is 3.86. The average molecular weight is 290 g/mol. The fourth-order valence-corrected chi connectivity index (χ4v) is 3.62. The van der Waals surface area contributed by atoms with Crippen LogP contribution in [0.2, 0.25) is 0 Å². The zero-order valence-electron chi connectivity index (χ0n) is 11.4. The summed E-state index contributed by atoms with van der Waals surface area (Å²) in [6.45, 7) is 1.88. The van der Waals surface area contributed by atoms with Gasteiger partial charge in [0.2, 0.25) is 5.91 Å². The number of carbonyl (C=O) groups is 2. The van der Waals surface area contributed by atoms with Crippen LogP contribution >= 0.6 is 11.8 Å². The highest BCUT2D eigenvalue weighted by molar-refractivity contribution is 8.00. The first-order valence-electron chi connectivity index (χ1n) is 7.06. The van der Waals surface area contributed by atoms with Crippen molar-refractivity contribution in [2.45, 2.75) is 48.8 Å². The number of thioether (sulfide) groups is 1. The minimum Gasteiger partial charge on any atom is -0.349 e. The van der Waals surface area contributed by atoms with Gasteiger partial charge in [0.25, 0.3) is 5.91 Å². The molecule has 20 heavy (non-hydrogen) atoms. The summed E-state index contributed by atoms with van der Waals surface area (Å²) in [5.41, 5.74) is 1.36. The summed E-state index contributed by atoms with van der Waals surface area (Å²) >= 11 is 1.53. The number of fused-ring (bicyclic) bond motifs is 1. The van der Waals surface area contributed by atoms with Gasteiger partial charge < -0.3 is 10.6 Å². The molecule has 1 aromatic carbocycles. The molecule has 1 fully saturated rings. The second-order valence-electron chi connectivity index (χ2n) is 5.42. The van der Waals surface area contributed by atoms with Crippen molar-refractivity contribution in [2.75, 3.05) is 5.32 Å². The number of rotatable bonds is 2. The van der Waals surface area contributed by atoms with E-state index in [2.05, 4.69) is 10.6 Å². The summed E-state index contributed by atoms with van der Waals surface area (Å²) in [4.78, 5) is 24.9. The van der Waals surface area contributed by atoms with E-state index in [1.807, 2.05) is 19.1 Å². The summed E-state index contributed by atoms with van der Waals surface area (Å²) in [7, 11) is 0. The maximum atomic E-state index is 12.2. The third-order valence-corrected chi connectivity index (χ3v) is 5.04. The normalized spacial score (nSPS) is 22.2. The van der Waals surface area contributed by atoms with Crippen molar-refractivity contribution in [1.82, 2.24) is 5.32 Å². The van der Waals surface area contributed by atoms with Crippen molar-refractivity contribution >= 4 is 29.3 Å². The molecule has 1 aliphatic carbocycles. The van der Waals surface area contributed by atoms with Crippen molar-refractivity contribution in [3.8, 4) is 0 Å². The largest absolute Gasteiger partial charge is 0.349 e. The number of hydrogen-bond acceptors (Lipinski definition) is 3. The molecule has 5 heteroatoms. The van der Waals surface area contributed by atoms with E-state index in [-0.39, 0.29) is 17.1 Å². The summed E-state index contributed by atoms with van der Waals surface area (Å²) < 4.78 is 0. The molecule has 2 N–H and O–H groups in total. The van der Waals surface area contributed by atoms with Gasteiger partial charge in [-0.25, -0.2) is 0 Å². The van der Waals surface area contributed by atoms with Crippen molar-refractivity contribution in [2.24, 2.45) is 0 Å². The molecular weight excluding hydrogens is 272 g/mol. The van der Waals surface area contributed by atoms with Crippen molar-refractivity contribution in [1.29, 1.82) is 0 Å². The van der Waals surface area contributed by atoms with Crippen LogP contribution in [-0.4, -0.2) is 23.1 Å². The zero-order chi connectivity index (χ0) is 14.1. The molecule has 0 saturated heterocycles. The van der Waals surface area contributed by atoms with Gasteiger partial charge in [-0.15, -0.1) is 11.8 Å². The number of benzene rings is 1. The monoisotopic (exact) mass is 290 g/mol. The molecule has 106 valence electrons. The van der Waals surface area contributed by atoms with E-state index in [1.54, 1.807) is 6.07 Å². The van der Waals surface area contributed by atoms with E-state index >= 15 is 0 Å². The minimum absolute atomic E-state index is 0.00384. The molecule has 1 aromatic rings. The van der Waals surface area contributed by atoms with Crippen LogP contribution in [0.3, 0.4) is 0 Å². The molecule has 4 nitrogen and oxygen atoms in total. The second-order valence-corrected chi connectivity index (χ2v) is 6.80. The summed E-state index contributed by atoms with van der Waals surface area (Å²) in [5.74, 6) is -0.0478. The lowest BCUT2D eigenvalue weighted by atomic mass is 10.1. The van der Waals surface area contributed by atoms with Crippen LogP contribution in [-0.2, 0) is 4.79 Å². The molecule has 2 aliphatic rings. The molecule has 1 atom stereocenters. The molecule has 1 heterocycles.